The highest BCUT2D eigenvalue weighted by Crippen LogP contribution is 2.25. The third-order valence-electron chi connectivity index (χ3n) is 5.14. The summed E-state index contributed by atoms with van der Waals surface area (Å²) in [6, 6.07) is 18.4. The highest BCUT2D eigenvalue weighted by atomic mass is 16.3. The van der Waals surface area contributed by atoms with E-state index in [-0.39, 0.29) is 17.6 Å². The second kappa shape index (κ2) is 6.98. The van der Waals surface area contributed by atoms with E-state index >= 15 is 0 Å². The number of carbonyl (C=O) groups is 2. The Morgan fingerprint density at radius 3 is 2.66 bits per heavy atom. The van der Waals surface area contributed by atoms with Gasteiger partial charge >= 0.3 is 0 Å². The van der Waals surface area contributed by atoms with E-state index in [2.05, 4.69) is 5.32 Å². The molecule has 0 fully saturated rings. The molecule has 3 heterocycles. The normalized spacial score (nSPS) is 13.3. The van der Waals surface area contributed by atoms with E-state index in [1.165, 1.54) is 11.8 Å². The highest BCUT2D eigenvalue weighted by Gasteiger charge is 2.24. The first-order valence-electron chi connectivity index (χ1n) is 9.42. The lowest BCUT2D eigenvalue weighted by Gasteiger charge is -2.28. The molecule has 5 rings (SSSR count). The smallest absolute Gasteiger partial charge is 0.291 e. The van der Waals surface area contributed by atoms with E-state index in [1.54, 1.807) is 23.1 Å². The van der Waals surface area contributed by atoms with Gasteiger partial charge in [-0.05, 0) is 53.9 Å². The molecule has 2 aromatic heterocycles. The maximum absolute atomic E-state index is 12.6. The molecule has 29 heavy (non-hydrogen) atoms. The molecule has 0 bridgehead atoms. The summed E-state index contributed by atoms with van der Waals surface area (Å²) >= 11 is 0. The quantitative estimate of drug-likeness (QED) is 0.563. The molecule has 0 saturated heterocycles. The number of anilines is 1. The summed E-state index contributed by atoms with van der Waals surface area (Å²) in [6.45, 7) is 1.11. The monoisotopic (exact) mass is 386 g/mol. The number of nitrogens with zero attached hydrogens (tertiary/aromatic N) is 1. The van der Waals surface area contributed by atoms with Crippen LogP contribution in [0.5, 0.6) is 0 Å². The van der Waals surface area contributed by atoms with Gasteiger partial charge in [-0.1, -0.05) is 24.3 Å². The van der Waals surface area contributed by atoms with Crippen LogP contribution in [-0.4, -0.2) is 23.3 Å². The fourth-order valence-corrected chi connectivity index (χ4v) is 3.65. The lowest BCUT2D eigenvalue weighted by Crippen LogP contribution is -2.35. The van der Waals surface area contributed by atoms with E-state index in [4.69, 9.17) is 8.83 Å². The Kier molecular flexibility index (Phi) is 4.17. The van der Waals surface area contributed by atoms with Crippen LogP contribution in [0, 0.1) is 0 Å². The number of benzene rings is 2. The van der Waals surface area contributed by atoms with Crippen molar-refractivity contribution in [2.24, 2.45) is 0 Å². The number of amides is 2. The lowest BCUT2D eigenvalue weighted by molar-refractivity contribution is 0.0702. The summed E-state index contributed by atoms with van der Waals surface area (Å²) in [5, 5.41) is 3.77. The van der Waals surface area contributed by atoms with Gasteiger partial charge in [-0.25, -0.2) is 0 Å². The number of furan rings is 2. The van der Waals surface area contributed by atoms with Crippen molar-refractivity contribution in [1.82, 2.24) is 4.90 Å². The third-order valence-corrected chi connectivity index (χ3v) is 5.14. The van der Waals surface area contributed by atoms with E-state index < -0.39 is 0 Å². The summed E-state index contributed by atoms with van der Waals surface area (Å²) in [6.07, 6.45) is 2.26. The van der Waals surface area contributed by atoms with Crippen LogP contribution in [0.3, 0.4) is 0 Å². The maximum Gasteiger partial charge on any atom is 0.291 e. The van der Waals surface area contributed by atoms with Crippen LogP contribution in [0.1, 0.15) is 32.2 Å². The van der Waals surface area contributed by atoms with Crippen LogP contribution < -0.4 is 5.32 Å². The molecule has 0 atom stereocenters. The van der Waals surface area contributed by atoms with Crippen molar-refractivity contribution < 1.29 is 18.4 Å². The fraction of sp³-hybridized carbons (Fsp3) is 0.130. The molecule has 1 N–H and O–H groups in total. The summed E-state index contributed by atoms with van der Waals surface area (Å²) in [7, 11) is 0. The van der Waals surface area contributed by atoms with Crippen LogP contribution in [0.15, 0.2) is 75.8 Å². The van der Waals surface area contributed by atoms with Gasteiger partial charge in [0, 0.05) is 24.2 Å². The summed E-state index contributed by atoms with van der Waals surface area (Å²) < 4.78 is 10.9. The Morgan fingerprint density at radius 1 is 0.931 bits per heavy atom. The standard InChI is InChI=1S/C23H18N2O4/c26-22(21-13-16-4-1-2-5-19(16)29-21)24-18-8-7-15-9-10-25(14-17(15)12-18)23(27)20-6-3-11-28-20/h1-8,11-13H,9-10,14H2,(H,24,26). The molecule has 0 aliphatic carbocycles. The Morgan fingerprint density at radius 2 is 1.83 bits per heavy atom. The van der Waals surface area contributed by atoms with Gasteiger partial charge in [0.2, 0.25) is 0 Å². The van der Waals surface area contributed by atoms with E-state index in [9.17, 15) is 9.59 Å². The number of fused-ring (bicyclic) bond motifs is 2. The molecule has 2 aromatic carbocycles. The number of para-hydroxylation sites is 1. The van der Waals surface area contributed by atoms with Crippen molar-refractivity contribution in [2.75, 3.05) is 11.9 Å². The molecule has 144 valence electrons. The Hall–Kier alpha value is -3.80. The molecule has 1 aliphatic heterocycles. The van der Waals surface area contributed by atoms with Gasteiger partial charge in [-0.2, -0.15) is 0 Å². The molecule has 0 saturated carbocycles. The Balaban J connectivity index is 1.34. The average Bonchev–Trinajstić information content (AvgIpc) is 3.42. The van der Waals surface area contributed by atoms with Crippen LogP contribution in [0.4, 0.5) is 5.69 Å². The first kappa shape index (κ1) is 17.3. The molecule has 1 aliphatic rings. The predicted molar refractivity (Wildman–Crippen MR) is 108 cm³/mol. The van der Waals surface area contributed by atoms with Gasteiger partial charge in [-0.15, -0.1) is 0 Å². The van der Waals surface area contributed by atoms with Gasteiger partial charge in [-0.3, -0.25) is 9.59 Å². The maximum atomic E-state index is 12.6. The molecule has 0 spiro atoms. The molecular weight excluding hydrogens is 368 g/mol. The van der Waals surface area contributed by atoms with Gasteiger partial charge in [0.05, 0.1) is 6.26 Å². The second-order valence-corrected chi connectivity index (χ2v) is 7.04. The molecule has 0 radical (unpaired) electrons. The highest BCUT2D eigenvalue weighted by molar-refractivity contribution is 6.04. The minimum Gasteiger partial charge on any atom is -0.459 e. The molecule has 6 heteroatoms. The average molecular weight is 386 g/mol. The summed E-state index contributed by atoms with van der Waals surface area (Å²) in [5.74, 6) is 0.166. The van der Waals surface area contributed by atoms with E-state index in [0.29, 0.717) is 30.1 Å². The van der Waals surface area contributed by atoms with Gasteiger partial charge in [0.1, 0.15) is 5.58 Å². The zero-order valence-corrected chi connectivity index (χ0v) is 15.6. The molecule has 6 nitrogen and oxygen atoms in total. The minimum absolute atomic E-state index is 0.127. The predicted octanol–water partition coefficient (Wildman–Crippen LogP) is 4.48. The first-order chi connectivity index (χ1) is 14.2. The topological polar surface area (TPSA) is 75.7 Å². The minimum atomic E-state index is -0.305. The third kappa shape index (κ3) is 3.29. The number of carbonyl (C=O) groups excluding carboxylic acids is 2. The van der Waals surface area contributed by atoms with Crippen LogP contribution >= 0.6 is 0 Å². The second-order valence-electron chi connectivity index (χ2n) is 7.04. The fourth-order valence-electron chi connectivity index (χ4n) is 3.65. The first-order valence-corrected chi connectivity index (χ1v) is 9.42. The zero-order chi connectivity index (χ0) is 19.8. The summed E-state index contributed by atoms with van der Waals surface area (Å²) in [5.41, 5.74) is 3.53. The van der Waals surface area contributed by atoms with Crippen molar-refractivity contribution in [3.05, 3.63) is 89.6 Å². The van der Waals surface area contributed by atoms with Crippen molar-refractivity contribution in [3.63, 3.8) is 0 Å². The largest absolute Gasteiger partial charge is 0.459 e. The van der Waals surface area contributed by atoms with Gasteiger partial charge < -0.3 is 19.1 Å². The van der Waals surface area contributed by atoms with Gasteiger partial charge in [0.25, 0.3) is 11.8 Å². The van der Waals surface area contributed by atoms with Crippen molar-refractivity contribution in [2.45, 2.75) is 13.0 Å². The SMILES string of the molecule is O=C(Nc1ccc2c(c1)CN(C(=O)c1ccco1)CC2)c1cc2ccccc2o1. The summed E-state index contributed by atoms with van der Waals surface area (Å²) in [4.78, 5) is 26.9. The molecule has 2 amide bonds. The molecular formula is C23H18N2O4. The number of nitrogens with one attached hydrogen (secondary N) is 1. The van der Waals surface area contributed by atoms with Crippen molar-refractivity contribution >= 4 is 28.5 Å². The number of hydrogen-bond donors (Lipinski definition) is 1. The number of hydrogen-bond acceptors (Lipinski definition) is 4. The van der Waals surface area contributed by atoms with E-state index in [0.717, 1.165) is 17.4 Å². The van der Waals surface area contributed by atoms with Crippen molar-refractivity contribution in [1.29, 1.82) is 0 Å². The Bertz CT molecular complexity index is 1170. The van der Waals surface area contributed by atoms with Gasteiger partial charge in [0.15, 0.2) is 11.5 Å². The number of rotatable bonds is 3. The lowest BCUT2D eigenvalue weighted by atomic mass is 9.99. The van der Waals surface area contributed by atoms with Crippen LogP contribution in [-0.2, 0) is 13.0 Å². The molecule has 0 unspecified atom stereocenters. The van der Waals surface area contributed by atoms with Crippen LogP contribution in [0.25, 0.3) is 11.0 Å². The Labute approximate surface area is 166 Å². The van der Waals surface area contributed by atoms with E-state index in [1.807, 2.05) is 42.5 Å². The van der Waals surface area contributed by atoms with Crippen LogP contribution in [0.2, 0.25) is 0 Å². The molecule has 4 aromatic rings. The zero-order valence-electron chi connectivity index (χ0n) is 15.6. The van der Waals surface area contributed by atoms with Crippen molar-refractivity contribution in [3.8, 4) is 0 Å².